The van der Waals surface area contributed by atoms with Gasteiger partial charge in [-0.15, -0.1) is 0 Å². The van der Waals surface area contributed by atoms with E-state index in [0.717, 1.165) is 14.3 Å². The number of hydrogen-bond acceptors (Lipinski definition) is 9. The molecule has 0 aliphatic rings. The van der Waals surface area contributed by atoms with Gasteiger partial charge in [0, 0.05) is 28.6 Å². The first kappa shape index (κ1) is 40.6. The van der Waals surface area contributed by atoms with Crippen molar-refractivity contribution in [2.45, 2.75) is 4.90 Å². The van der Waals surface area contributed by atoms with Crippen molar-refractivity contribution in [3.05, 3.63) is 93.8 Å². The van der Waals surface area contributed by atoms with Crippen molar-refractivity contribution in [2.24, 2.45) is 0 Å². The highest BCUT2D eigenvalue weighted by atomic mass is 127. The highest BCUT2D eigenvalue weighted by Crippen LogP contribution is 2.41. The molecule has 4 aromatic carbocycles. The zero-order valence-corrected chi connectivity index (χ0v) is 40.7. The summed E-state index contributed by atoms with van der Waals surface area (Å²) in [6.07, 6.45) is 0. The summed E-state index contributed by atoms with van der Waals surface area (Å²) in [4.78, 5) is 40.1. The summed E-state index contributed by atoms with van der Waals surface area (Å²) in [7, 11) is -3.25. The summed E-state index contributed by atoms with van der Waals surface area (Å²) in [5.74, 6) is -3.07. The number of ether oxygens (including phenoxy) is 4. The largest absolute Gasteiger partial charge is 0.490 e. The van der Waals surface area contributed by atoms with Gasteiger partial charge >= 0.3 is 17.9 Å². The molecule has 0 atom stereocenters. The molecule has 0 fully saturated rings. The fraction of sp³-hybridized carbons (Fsp3) is 0.0357. The smallest absolute Gasteiger partial charge is 0.344 e. The molecule has 0 bridgehead atoms. The van der Waals surface area contributed by atoms with Crippen LogP contribution in [0.1, 0.15) is 31.1 Å². The maximum absolute atomic E-state index is 13.5. The van der Waals surface area contributed by atoms with E-state index in [0.29, 0.717) is 7.14 Å². The summed E-state index contributed by atoms with van der Waals surface area (Å²) in [5.41, 5.74) is 0.349. The molecule has 0 radical (unpaired) electrons. The van der Waals surface area contributed by atoms with E-state index in [1.165, 1.54) is 31.4 Å². The van der Waals surface area contributed by atoms with Crippen LogP contribution < -0.4 is 18.9 Å². The van der Waals surface area contributed by atoms with E-state index >= 15 is 0 Å². The predicted molar refractivity (Wildman–Crippen MR) is 239 cm³/mol. The zero-order chi connectivity index (χ0) is 35.0. The summed E-state index contributed by atoms with van der Waals surface area (Å²) in [6.45, 7) is 0. The van der Waals surface area contributed by atoms with Gasteiger partial charge in [-0.25, -0.2) is 14.4 Å². The van der Waals surface area contributed by atoms with Crippen LogP contribution in [0.15, 0.2) is 53.4 Å². The molecule has 0 aromatic heterocycles. The second kappa shape index (κ2) is 17.1. The van der Waals surface area contributed by atoms with Crippen molar-refractivity contribution >= 4 is 209 Å². The summed E-state index contributed by atoms with van der Waals surface area (Å²) in [6, 6.07) is 12.0. The first-order valence-electron chi connectivity index (χ1n) is 12.1. The molecule has 0 heterocycles. The Morgan fingerprint density at radius 2 is 1.02 bits per heavy atom. The van der Waals surface area contributed by atoms with Crippen LogP contribution >= 0.6 is 181 Å². The van der Waals surface area contributed by atoms with Crippen LogP contribution in [-0.2, 0) is 10.1 Å². The van der Waals surface area contributed by atoms with Gasteiger partial charge in [0.1, 0.15) is 10.6 Å². The van der Waals surface area contributed by atoms with Crippen LogP contribution in [-0.4, -0.2) is 38.0 Å². The van der Waals surface area contributed by atoms with Crippen LogP contribution in [0.4, 0.5) is 0 Å². The van der Waals surface area contributed by atoms with E-state index in [1.807, 2.05) is 57.3 Å². The molecule has 246 valence electrons. The standard InChI is InChI=1S/C28H12I8O10S/c1-43-24-20(45-27(38)14-4-11(29)6-16(31)22(14)35)2-10(3-21(24)46-28(39)15-5-12(30)7-17(32)23(15)36)26(37)44-13-8-18(33)25(19(34)9-13)47(40,41)42/h2-9H,1H3,(H,40,41,42). The number of carbonyl (C=O) groups excluding carboxylic acids is 3. The van der Waals surface area contributed by atoms with Gasteiger partial charge in [-0.05, 0) is 229 Å². The first-order valence-corrected chi connectivity index (χ1v) is 22.1. The average Bonchev–Trinajstić information content (AvgIpc) is 2.95. The lowest BCUT2D eigenvalue weighted by Gasteiger charge is -2.17. The fourth-order valence-electron chi connectivity index (χ4n) is 3.77. The quantitative estimate of drug-likeness (QED) is 0.0596. The Labute approximate surface area is 377 Å². The van der Waals surface area contributed by atoms with E-state index in [2.05, 4.69) is 90.4 Å². The van der Waals surface area contributed by atoms with Crippen LogP contribution in [0.3, 0.4) is 0 Å². The third-order valence-corrected chi connectivity index (χ3v) is 16.5. The summed E-state index contributed by atoms with van der Waals surface area (Å²) in [5, 5.41) is 0. The molecular weight excluding hydrogens is 1540 g/mol. The third kappa shape index (κ3) is 10.0. The number of rotatable bonds is 8. The summed E-state index contributed by atoms with van der Waals surface area (Å²) >= 11 is 15.8. The molecule has 19 heteroatoms. The van der Waals surface area contributed by atoms with Crippen molar-refractivity contribution in [2.75, 3.05) is 7.11 Å². The van der Waals surface area contributed by atoms with Crippen molar-refractivity contribution in [3.8, 4) is 23.0 Å². The van der Waals surface area contributed by atoms with Gasteiger partial charge in [0.25, 0.3) is 10.1 Å². The van der Waals surface area contributed by atoms with Crippen molar-refractivity contribution in [3.63, 3.8) is 0 Å². The minimum atomic E-state index is -4.54. The topological polar surface area (TPSA) is 142 Å². The number of benzene rings is 4. The lowest BCUT2D eigenvalue weighted by atomic mass is 10.1. The van der Waals surface area contributed by atoms with E-state index < -0.39 is 28.0 Å². The molecule has 0 aliphatic heterocycles. The van der Waals surface area contributed by atoms with Crippen LogP contribution in [0, 0.1) is 28.6 Å². The number of esters is 3. The van der Waals surface area contributed by atoms with Crippen molar-refractivity contribution in [1.29, 1.82) is 0 Å². The van der Waals surface area contributed by atoms with Gasteiger partial charge in [0.2, 0.25) is 5.75 Å². The van der Waals surface area contributed by atoms with Gasteiger partial charge in [-0.2, -0.15) is 8.42 Å². The van der Waals surface area contributed by atoms with Gasteiger partial charge in [0.15, 0.2) is 11.5 Å². The van der Waals surface area contributed by atoms with Crippen LogP contribution in [0.25, 0.3) is 0 Å². The molecular formula is C28H12I8O10S. The Bertz CT molecular complexity index is 1970. The minimum Gasteiger partial charge on any atom is -0.490 e. The fourth-order valence-corrected chi connectivity index (χ4v) is 12.5. The maximum Gasteiger partial charge on any atom is 0.344 e. The Morgan fingerprint density at radius 1 is 0.596 bits per heavy atom. The van der Waals surface area contributed by atoms with E-state index in [1.54, 1.807) is 57.3 Å². The molecule has 0 unspecified atom stereocenters. The molecule has 10 nitrogen and oxygen atoms in total. The highest BCUT2D eigenvalue weighted by Gasteiger charge is 2.27. The molecule has 1 N–H and O–H groups in total. The van der Waals surface area contributed by atoms with E-state index in [-0.39, 0.29) is 51.7 Å². The Kier molecular flexibility index (Phi) is 14.8. The molecule has 0 spiro atoms. The maximum atomic E-state index is 13.5. The minimum absolute atomic E-state index is 0.0323. The molecule has 0 aliphatic carbocycles. The molecule has 4 rings (SSSR count). The lowest BCUT2D eigenvalue weighted by Crippen LogP contribution is -2.16. The second-order valence-corrected chi connectivity index (χ2v) is 19.5. The first-order chi connectivity index (χ1) is 21.9. The molecule has 4 aromatic rings. The van der Waals surface area contributed by atoms with Gasteiger partial charge in [-0.1, -0.05) is 0 Å². The summed E-state index contributed by atoms with van der Waals surface area (Å²) < 4.78 is 60.5. The Balaban J connectivity index is 1.82. The predicted octanol–water partition coefficient (Wildman–Crippen LogP) is 9.44. The lowest BCUT2D eigenvalue weighted by molar-refractivity contribution is 0.0697. The van der Waals surface area contributed by atoms with Gasteiger partial charge < -0.3 is 18.9 Å². The Morgan fingerprint density at radius 3 is 1.40 bits per heavy atom. The highest BCUT2D eigenvalue weighted by molar-refractivity contribution is 14.1. The number of methoxy groups -OCH3 is 1. The number of halogens is 8. The van der Waals surface area contributed by atoms with Crippen molar-refractivity contribution < 1.29 is 46.3 Å². The molecule has 0 amide bonds. The zero-order valence-electron chi connectivity index (χ0n) is 22.7. The van der Waals surface area contributed by atoms with Gasteiger partial charge in [0.05, 0.1) is 23.8 Å². The number of hydrogen-bond donors (Lipinski definition) is 1. The molecule has 0 saturated carbocycles. The second-order valence-electron chi connectivity index (χ2n) is 8.86. The SMILES string of the molecule is COc1c(OC(=O)c2cc(I)cc(I)c2I)cc(C(=O)Oc2cc(I)c(S(=O)(=O)O)c(I)c2)cc1OC(=O)c1cc(I)cc(I)c1I. The normalized spacial score (nSPS) is 11.2. The monoisotopic (exact) mass is 1560 g/mol. The van der Waals surface area contributed by atoms with E-state index in [9.17, 15) is 27.4 Å². The molecule has 47 heavy (non-hydrogen) atoms. The van der Waals surface area contributed by atoms with Crippen LogP contribution in [0.2, 0.25) is 0 Å². The molecule has 0 saturated heterocycles. The Hall–Kier alpha value is 0.840. The van der Waals surface area contributed by atoms with Crippen molar-refractivity contribution in [1.82, 2.24) is 0 Å². The third-order valence-electron chi connectivity index (χ3n) is 5.73. The average molecular weight is 1560 g/mol. The van der Waals surface area contributed by atoms with Gasteiger partial charge in [-0.3, -0.25) is 4.55 Å². The van der Waals surface area contributed by atoms with E-state index in [4.69, 9.17) is 18.9 Å². The number of carbonyl (C=O) groups is 3. The van der Waals surface area contributed by atoms with Crippen LogP contribution in [0.5, 0.6) is 23.0 Å².